The summed E-state index contributed by atoms with van der Waals surface area (Å²) in [6.45, 7) is 7.69. The number of anilines is 2. The number of nitrogens with two attached hydrogens (primary N) is 1. The van der Waals surface area contributed by atoms with Crippen LogP contribution >= 0.6 is 22.9 Å². The maximum Gasteiger partial charge on any atom is 0.148 e. The van der Waals surface area contributed by atoms with Crippen molar-refractivity contribution in [3.8, 4) is 11.3 Å². The second kappa shape index (κ2) is 7.37. The summed E-state index contributed by atoms with van der Waals surface area (Å²) in [7, 11) is 0. The van der Waals surface area contributed by atoms with Crippen molar-refractivity contribution in [1.82, 2.24) is 9.36 Å². The van der Waals surface area contributed by atoms with Crippen molar-refractivity contribution in [3.05, 3.63) is 23.0 Å². The van der Waals surface area contributed by atoms with Crippen LogP contribution in [0.5, 0.6) is 0 Å². The molecule has 108 valence electrons. The lowest BCUT2D eigenvalue weighted by Gasteiger charge is -2.06. The van der Waals surface area contributed by atoms with Crippen molar-refractivity contribution in [2.75, 3.05) is 30.8 Å². The van der Waals surface area contributed by atoms with Crippen LogP contribution in [-0.2, 0) is 4.74 Å². The lowest BCUT2D eigenvalue weighted by Crippen LogP contribution is -2.09. The van der Waals surface area contributed by atoms with E-state index < -0.39 is 0 Å². The average Bonchev–Trinajstić information content (AvgIpc) is 3.00. The Balaban J connectivity index is 1.94. The highest BCUT2D eigenvalue weighted by Gasteiger charge is 2.15. The Labute approximate surface area is 126 Å². The Morgan fingerprint density at radius 3 is 3.05 bits per heavy atom. The molecule has 0 atom stereocenters. The van der Waals surface area contributed by atoms with E-state index in [2.05, 4.69) is 21.3 Å². The number of aryl methyl sites for hydroxylation is 1. The number of rotatable bonds is 8. The molecule has 0 spiro atoms. The summed E-state index contributed by atoms with van der Waals surface area (Å²) < 4.78 is 9.66. The Morgan fingerprint density at radius 1 is 1.50 bits per heavy atom. The first-order valence-corrected chi connectivity index (χ1v) is 7.98. The van der Waals surface area contributed by atoms with Gasteiger partial charge in [0.1, 0.15) is 10.8 Å². The largest absolute Gasteiger partial charge is 0.382 e. The lowest BCUT2D eigenvalue weighted by molar-refractivity contribution is 0.149. The van der Waals surface area contributed by atoms with Crippen LogP contribution < -0.4 is 11.1 Å². The molecule has 0 bridgehead atoms. The third-order valence-electron chi connectivity index (χ3n) is 2.59. The zero-order chi connectivity index (χ0) is 14.4. The smallest absolute Gasteiger partial charge is 0.148 e. The molecular weight excluding hydrogens is 292 g/mol. The molecule has 0 unspecified atom stereocenters. The molecule has 0 radical (unpaired) electrons. The number of aromatic nitrogens is 2. The molecule has 0 fully saturated rings. The summed E-state index contributed by atoms with van der Waals surface area (Å²) in [4.78, 5) is 4.47. The predicted octanol–water partition coefficient (Wildman–Crippen LogP) is 3.16. The van der Waals surface area contributed by atoms with Gasteiger partial charge < -0.3 is 15.8 Å². The molecular formula is C13H18N4OS2. The van der Waals surface area contributed by atoms with Gasteiger partial charge in [0.05, 0.1) is 29.5 Å². The molecule has 3 N–H and O–H groups in total. The van der Waals surface area contributed by atoms with Gasteiger partial charge in [-0.25, -0.2) is 4.98 Å². The van der Waals surface area contributed by atoms with Crippen molar-refractivity contribution in [2.24, 2.45) is 0 Å². The molecule has 0 aromatic carbocycles. The molecule has 2 heterocycles. The van der Waals surface area contributed by atoms with Gasteiger partial charge in [0, 0.05) is 11.9 Å². The molecule has 2 rings (SSSR count). The van der Waals surface area contributed by atoms with Gasteiger partial charge in [-0.2, -0.15) is 4.37 Å². The number of hydrogen-bond acceptors (Lipinski definition) is 7. The number of nitrogens with zero attached hydrogens (tertiary/aromatic N) is 2. The monoisotopic (exact) mass is 310 g/mol. The van der Waals surface area contributed by atoms with Crippen LogP contribution in [0.4, 0.5) is 10.8 Å². The first kappa shape index (κ1) is 15.0. The minimum atomic E-state index is 0.523. The quantitative estimate of drug-likeness (QED) is 0.579. The van der Waals surface area contributed by atoms with E-state index in [-0.39, 0.29) is 0 Å². The highest BCUT2D eigenvalue weighted by Crippen LogP contribution is 2.36. The van der Waals surface area contributed by atoms with Crippen molar-refractivity contribution in [3.63, 3.8) is 0 Å². The molecule has 0 aliphatic carbocycles. The van der Waals surface area contributed by atoms with Gasteiger partial charge in [-0.1, -0.05) is 6.08 Å². The van der Waals surface area contributed by atoms with Crippen LogP contribution in [0.25, 0.3) is 11.3 Å². The van der Waals surface area contributed by atoms with Gasteiger partial charge in [0.2, 0.25) is 0 Å². The zero-order valence-corrected chi connectivity index (χ0v) is 13.0. The van der Waals surface area contributed by atoms with Gasteiger partial charge in [0.15, 0.2) is 0 Å². The molecule has 5 nitrogen and oxygen atoms in total. The van der Waals surface area contributed by atoms with E-state index in [4.69, 9.17) is 10.5 Å². The first-order valence-electron chi connectivity index (χ1n) is 6.32. The summed E-state index contributed by atoms with van der Waals surface area (Å²) in [6, 6.07) is 0. The minimum absolute atomic E-state index is 0.523. The molecule has 7 heteroatoms. The normalized spacial score (nSPS) is 10.7. The second-order valence-electron chi connectivity index (χ2n) is 4.14. The topological polar surface area (TPSA) is 73.1 Å². The van der Waals surface area contributed by atoms with Gasteiger partial charge >= 0.3 is 0 Å². The Bertz CT molecular complexity index is 564. The van der Waals surface area contributed by atoms with Crippen LogP contribution in [0.1, 0.15) is 11.4 Å². The van der Waals surface area contributed by atoms with Crippen LogP contribution in [0.15, 0.2) is 18.0 Å². The summed E-state index contributed by atoms with van der Waals surface area (Å²) in [5.41, 5.74) is 7.71. The fourth-order valence-electron chi connectivity index (χ4n) is 1.65. The first-order chi connectivity index (χ1) is 9.72. The van der Waals surface area contributed by atoms with Gasteiger partial charge in [-0.15, -0.1) is 17.9 Å². The fourth-order valence-corrected chi connectivity index (χ4v) is 3.01. The molecule has 0 saturated carbocycles. The minimum Gasteiger partial charge on any atom is -0.382 e. The summed E-state index contributed by atoms with van der Waals surface area (Å²) in [6.07, 6.45) is 2.72. The summed E-state index contributed by atoms with van der Waals surface area (Å²) in [5, 5.41) is 7.27. The average molecular weight is 310 g/mol. The highest BCUT2D eigenvalue weighted by molar-refractivity contribution is 7.11. The zero-order valence-electron chi connectivity index (χ0n) is 11.4. The molecule has 2 aromatic heterocycles. The third-order valence-corrected chi connectivity index (χ3v) is 4.18. The maximum absolute atomic E-state index is 5.93. The second-order valence-corrected chi connectivity index (χ2v) is 5.98. The Hall–Kier alpha value is -1.44. The predicted molar refractivity (Wildman–Crippen MR) is 86.5 cm³/mol. The van der Waals surface area contributed by atoms with Gasteiger partial charge in [-0.05, 0) is 24.9 Å². The van der Waals surface area contributed by atoms with Crippen molar-refractivity contribution in [1.29, 1.82) is 0 Å². The van der Waals surface area contributed by atoms with Crippen molar-refractivity contribution >= 4 is 33.7 Å². The Kier molecular flexibility index (Phi) is 5.51. The molecule has 0 aliphatic rings. The SMILES string of the molecule is C=CCCOCCNc1snc(N)c1-c1csc(C)n1. The van der Waals surface area contributed by atoms with E-state index in [0.29, 0.717) is 19.0 Å². The van der Waals surface area contributed by atoms with E-state index in [1.54, 1.807) is 11.3 Å². The van der Waals surface area contributed by atoms with E-state index >= 15 is 0 Å². The van der Waals surface area contributed by atoms with Gasteiger partial charge in [0.25, 0.3) is 0 Å². The molecule has 0 amide bonds. The fraction of sp³-hybridized carbons (Fsp3) is 0.385. The van der Waals surface area contributed by atoms with Crippen LogP contribution in [-0.4, -0.2) is 29.1 Å². The number of hydrogen-bond donors (Lipinski definition) is 2. The summed E-state index contributed by atoms with van der Waals surface area (Å²) >= 11 is 2.96. The highest BCUT2D eigenvalue weighted by atomic mass is 32.1. The standard InChI is InChI=1S/C13H18N4OS2/c1-3-4-6-18-7-5-15-13-11(12(14)17-20-13)10-8-19-9(2)16-10/h3,8,15H,1,4-7H2,2H3,(H2,14,17). The van der Waals surface area contributed by atoms with Gasteiger partial charge in [-0.3, -0.25) is 0 Å². The third kappa shape index (κ3) is 3.78. The van der Waals surface area contributed by atoms with E-state index in [1.165, 1.54) is 11.5 Å². The van der Waals surface area contributed by atoms with Crippen molar-refractivity contribution in [2.45, 2.75) is 13.3 Å². The van der Waals surface area contributed by atoms with Crippen LogP contribution in [0.2, 0.25) is 0 Å². The maximum atomic E-state index is 5.93. The number of thiazole rings is 1. The summed E-state index contributed by atoms with van der Waals surface area (Å²) in [5.74, 6) is 0.523. The van der Waals surface area contributed by atoms with Crippen LogP contribution in [0.3, 0.4) is 0 Å². The number of nitrogens with one attached hydrogen (secondary N) is 1. The molecule has 2 aromatic rings. The van der Waals surface area contributed by atoms with Crippen molar-refractivity contribution < 1.29 is 4.74 Å². The van der Waals surface area contributed by atoms with Crippen LogP contribution in [0, 0.1) is 6.92 Å². The molecule has 0 aliphatic heterocycles. The molecule has 20 heavy (non-hydrogen) atoms. The van der Waals surface area contributed by atoms with E-state index in [9.17, 15) is 0 Å². The number of nitrogen functional groups attached to an aromatic ring is 1. The molecule has 0 saturated heterocycles. The Morgan fingerprint density at radius 2 is 2.35 bits per heavy atom. The number of ether oxygens (including phenoxy) is 1. The van der Waals surface area contributed by atoms with E-state index in [1.807, 2.05) is 18.4 Å². The lowest BCUT2D eigenvalue weighted by atomic mass is 10.2. The van der Waals surface area contributed by atoms with E-state index in [0.717, 1.165) is 34.2 Å².